The van der Waals surface area contributed by atoms with E-state index in [2.05, 4.69) is 33.1 Å². The Labute approximate surface area is 224 Å². The first-order valence-electron chi connectivity index (χ1n) is 12.5. The number of amides is 1. The number of aromatic amines is 1. The van der Waals surface area contributed by atoms with E-state index in [1.54, 1.807) is 48.2 Å². The van der Waals surface area contributed by atoms with Crippen LogP contribution in [0.2, 0.25) is 0 Å². The predicted molar refractivity (Wildman–Crippen MR) is 146 cm³/mol. The number of nitrogens with zero attached hydrogens (tertiary/aromatic N) is 5. The topological polar surface area (TPSA) is 106 Å². The highest BCUT2D eigenvalue weighted by atomic mass is 19.1. The van der Waals surface area contributed by atoms with Crippen LogP contribution in [0.3, 0.4) is 0 Å². The smallest absolute Gasteiger partial charge is 0.272 e. The maximum absolute atomic E-state index is 14.9. The van der Waals surface area contributed by atoms with Crippen molar-refractivity contribution >= 4 is 22.5 Å². The third-order valence-corrected chi connectivity index (χ3v) is 6.86. The minimum absolute atomic E-state index is 0.00410. The van der Waals surface area contributed by atoms with Gasteiger partial charge in [-0.2, -0.15) is 10.4 Å². The van der Waals surface area contributed by atoms with Crippen molar-refractivity contribution < 1.29 is 9.18 Å². The highest BCUT2D eigenvalue weighted by Crippen LogP contribution is 2.23. The molecule has 0 saturated carbocycles. The predicted octanol–water partition coefficient (Wildman–Crippen LogP) is 3.64. The molecule has 194 valence electrons. The number of piperazine rings is 1. The molecule has 3 heterocycles. The summed E-state index contributed by atoms with van der Waals surface area (Å²) in [6.45, 7) is 5.12. The highest BCUT2D eigenvalue weighted by molar-refractivity contribution is 5.95. The van der Waals surface area contributed by atoms with Gasteiger partial charge in [-0.15, -0.1) is 5.92 Å². The van der Waals surface area contributed by atoms with Crippen molar-refractivity contribution in [2.45, 2.75) is 26.3 Å². The van der Waals surface area contributed by atoms with Gasteiger partial charge in [0.15, 0.2) is 0 Å². The number of fused-ring (bicyclic) bond motifs is 1. The zero-order valence-electron chi connectivity index (χ0n) is 21.5. The summed E-state index contributed by atoms with van der Waals surface area (Å²) in [5, 5.41) is 16.9. The van der Waals surface area contributed by atoms with Gasteiger partial charge < -0.3 is 9.80 Å². The molecule has 0 spiro atoms. The number of carbonyl (C=O) groups is 1. The quantitative estimate of drug-likeness (QED) is 0.412. The van der Waals surface area contributed by atoms with E-state index < -0.39 is 5.82 Å². The van der Waals surface area contributed by atoms with E-state index >= 15 is 0 Å². The average Bonchev–Trinajstić information content (AvgIpc) is 2.95. The van der Waals surface area contributed by atoms with Gasteiger partial charge in [0, 0.05) is 49.2 Å². The zero-order valence-corrected chi connectivity index (χ0v) is 21.5. The standard InChI is InChI=1S/C30H25FN6O2/c1-3-4-20-5-8-23-24(13-20)27(34-35-29(23)38)15-21-6-9-26(31)25(14-21)30(39)37-12-11-36(18-19(37)2)28-10-7-22(16-32)17-33-28/h5-10,13-14,17,19H,11-12,15,18H2,1-2H3,(H,35,38). The van der Waals surface area contributed by atoms with Crippen LogP contribution in [0, 0.1) is 29.0 Å². The fraction of sp³-hybridized carbons (Fsp3) is 0.233. The van der Waals surface area contributed by atoms with Crippen LogP contribution in [0.4, 0.5) is 10.2 Å². The Morgan fingerprint density at radius 1 is 1.13 bits per heavy atom. The number of hydrogen-bond acceptors (Lipinski definition) is 6. The summed E-state index contributed by atoms with van der Waals surface area (Å²) < 4.78 is 14.9. The number of rotatable bonds is 4. The van der Waals surface area contributed by atoms with E-state index in [0.29, 0.717) is 53.6 Å². The number of halogens is 1. The second kappa shape index (κ2) is 10.8. The van der Waals surface area contributed by atoms with Crippen molar-refractivity contribution in [1.29, 1.82) is 5.26 Å². The van der Waals surface area contributed by atoms with Crippen LogP contribution in [-0.4, -0.2) is 51.7 Å². The monoisotopic (exact) mass is 520 g/mol. The molecule has 0 radical (unpaired) electrons. The van der Waals surface area contributed by atoms with E-state index in [1.165, 1.54) is 12.3 Å². The first-order chi connectivity index (χ1) is 18.9. The normalized spacial score (nSPS) is 15.0. The summed E-state index contributed by atoms with van der Waals surface area (Å²) >= 11 is 0. The molecular weight excluding hydrogens is 495 g/mol. The Morgan fingerprint density at radius 3 is 2.67 bits per heavy atom. The van der Waals surface area contributed by atoms with Crippen molar-refractivity contribution in [3.8, 4) is 17.9 Å². The first kappa shape index (κ1) is 25.6. The van der Waals surface area contributed by atoms with Gasteiger partial charge in [0.2, 0.25) is 0 Å². The molecular formula is C30H25FN6O2. The lowest BCUT2D eigenvalue weighted by atomic mass is 10.00. The minimum Gasteiger partial charge on any atom is -0.353 e. The van der Waals surface area contributed by atoms with E-state index in [0.717, 1.165) is 11.4 Å². The Morgan fingerprint density at radius 2 is 1.95 bits per heavy atom. The fourth-order valence-electron chi connectivity index (χ4n) is 4.88. The van der Waals surface area contributed by atoms with Gasteiger partial charge in [-0.1, -0.05) is 12.0 Å². The van der Waals surface area contributed by atoms with Gasteiger partial charge in [0.05, 0.1) is 22.2 Å². The molecule has 1 amide bonds. The van der Waals surface area contributed by atoms with Crippen molar-refractivity contribution in [3.63, 3.8) is 0 Å². The van der Waals surface area contributed by atoms with Crippen LogP contribution in [-0.2, 0) is 6.42 Å². The van der Waals surface area contributed by atoms with E-state index in [-0.39, 0.29) is 23.1 Å². The summed E-state index contributed by atoms with van der Waals surface area (Å²) in [5.74, 6) is 5.60. The molecule has 2 aromatic heterocycles. The van der Waals surface area contributed by atoms with Crippen LogP contribution in [0.25, 0.3) is 10.8 Å². The number of H-pyrrole nitrogens is 1. The SMILES string of the molecule is CC#Cc1ccc2c(=O)[nH]nc(Cc3ccc(F)c(C(=O)N4CCN(c5ccc(C#N)cn5)CC4C)c3)c2c1. The number of aromatic nitrogens is 3. The largest absolute Gasteiger partial charge is 0.353 e. The Bertz CT molecular complexity index is 1730. The van der Waals surface area contributed by atoms with Crippen molar-refractivity contribution in [3.05, 3.63) is 98.8 Å². The van der Waals surface area contributed by atoms with Crippen molar-refractivity contribution in [2.24, 2.45) is 0 Å². The molecule has 4 aromatic rings. The van der Waals surface area contributed by atoms with Gasteiger partial charge >= 0.3 is 0 Å². The molecule has 1 N–H and O–H groups in total. The highest BCUT2D eigenvalue weighted by Gasteiger charge is 2.30. The molecule has 8 nitrogen and oxygen atoms in total. The molecule has 5 rings (SSSR count). The number of carbonyl (C=O) groups excluding carboxylic acids is 1. The summed E-state index contributed by atoms with van der Waals surface area (Å²) in [7, 11) is 0. The number of anilines is 1. The Kier molecular flexibility index (Phi) is 7.07. The summed E-state index contributed by atoms with van der Waals surface area (Å²) in [6.07, 6.45) is 1.82. The molecule has 39 heavy (non-hydrogen) atoms. The maximum atomic E-state index is 14.9. The maximum Gasteiger partial charge on any atom is 0.272 e. The van der Waals surface area contributed by atoms with E-state index in [4.69, 9.17) is 5.26 Å². The van der Waals surface area contributed by atoms with Crippen LogP contribution < -0.4 is 10.5 Å². The summed E-state index contributed by atoms with van der Waals surface area (Å²) in [5.41, 5.74) is 2.24. The molecule has 9 heteroatoms. The minimum atomic E-state index is -0.591. The molecule has 1 aliphatic heterocycles. The van der Waals surface area contributed by atoms with Crippen LogP contribution in [0.1, 0.15) is 46.6 Å². The number of hydrogen-bond donors (Lipinski definition) is 1. The van der Waals surface area contributed by atoms with Crippen LogP contribution in [0.15, 0.2) is 59.5 Å². The van der Waals surface area contributed by atoms with Gasteiger partial charge in [-0.3, -0.25) is 9.59 Å². The lowest BCUT2D eigenvalue weighted by Crippen LogP contribution is -2.54. The Balaban J connectivity index is 1.38. The summed E-state index contributed by atoms with van der Waals surface area (Å²) in [4.78, 5) is 33.9. The molecule has 1 unspecified atom stereocenters. The van der Waals surface area contributed by atoms with Gasteiger partial charge in [0.1, 0.15) is 17.7 Å². The average molecular weight is 521 g/mol. The first-order valence-corrected chi connectivity index (χ1v) is 12.5. The number of nitriles is 1. The van der Waals surface area contributed by atoms with Crippen molar-refractivity contribution in [2.75, 3.05) is 24.5 Å². The van der Waals surface area contributed by atoms with E-state index in [9.17, 15) is 14.0 Å². The number of nitrogens with one attached hydrogen (secondary N) is 1. The van der Waals surface area contributed by atoms with Crippen molar-refractivity contribution in [1.82, 2.24) is 20.1 Å². The molecule has 1 fully saturated rings. The molecule has 0 bridgehead atoms. The fourth-order valence-corrected chi connectivity index (χ4v) is 4.88. The van der Waals surface area contributed by atoms with Crippen LogP contribution in [0.5, 0.6) is 0 Å². The molecule has 1 atom stereocenters. The second-order valence-electron chi connectivity index (χ2n) is 9.44. The molecule has 0 aliphatic carbocycles. The van der Waals surface area contributed by atoms with E-state index in [1.807, 2.05) is 17.9 Å². The second-order valence-corrected chi connectivity index (χ2v) is 9.44. The zero-order chi connectivity index (χ0) is 27.5. The number of benzene rings is 2. The third-order valence-electron chi connectivity index (χ3n) is 6.86. The van der Waals surface area contributed by atoms with Crippen LogP contribution >= 0.6 is 0 Å². The lowest BCUT2D eigenvalue weighted by Gasteiger charge is -2.40. The van der Waals surface area contributed by atoms with Gasteiger partial charge in [0.25, 0.3) is 11.5 Å². The molecule has 1 aliphatic rings. The lowest BCUT2D eigenvalue weighted by molar-refractivity contribution is 0.0669. The Hall–Kier alpha value is -5.02. The van der Waals surface area contributed by atoms with Gasteiger partial charge in [-0.05, 0) is 61.9 Å². The van der Waals surface area contributed by atoms with Gasteiger partial charge in [-0.25, -0.2) is 14.5 Å². The number of pyridine rings is 1. The molecule has 2 aromatic carbocycles. The molecule has 1 saturated heterocycles. The summed E-state index contributed by atoms with van der Waals surface area (Å²) in [6, 6.07) is 15.2. The third kappa shape index (κ3) is 5.21.